The fraction of sp³-hybridized carbons (Fsp3) is 0.667. The molecular weight excluding hydrogens is 172 g/mol. The zero-order valence-electron chi connectivity index (χ0n) is 8.88. The fourth-order valence-corrected chi connectivity index (χ4v) is 2.67. The molecule has 1 aromatic heterocycles. The van der Waals surface area contributed by atoms with Gasteiger partial charge in [-0.3, -0.25) is 9.97 Å². The molecule has 2 nitrogen and oxygen atoms in total. The summed E-state index contributed by atoms with van der Waals surface area (Å²) >= 11 is 0. The number of hydrogen-bond acceptors (Lipinski definition) is 2. The van der Waals surface area contributed by atoms with E-state index in [0.29, 0.717) is 11.8 Å². The summed E-state index contributed by atoms with van der Waals surface area (Å²) in [5.41, 5.74) is 5.14. The van der Waals surface area contributed by atoms with E-state index in [1.54, 1.807) is 0 Å². The van der Waals surface area contributed by atoms with Gasteiger partial charge >= 0.3 is 0 Å². The number of fused-ring (bicyclic) bond motifs is 2. The van der Waals surface area contributed by atoms with Crippen LogP contribution in [0.2, 0.25) is 0 Å². The third kappa shape index (κ3) is 1.03. The summed E-state index contributed by atoms with van der Waals surface area (Å²) in [6.45, 7) is 4.54. The Morgan fingerprint density at radius 2 is 1.29 bits per heavy atom. The van der Waals surface area contributed by atoms with Crippen molar-refractivity contribution in [1.82, 2.24) is 9.97 Å². The maximum absolute atomic E-state index is 4.80. The smallest absolute Gasteiger partial charge is 0.0650 e. The molecule has 0 spiro atoms. The first kappa shape index (κ1) is 8.39. The van der Waals surface area contributed by atoms with Gasteiger partial charge < -0.3 is 0 Å². The van der Waals surface area contributed by atoms with Gasteiger partial charge in [0.2, 0.25) is 0 Å². The highest BCUT2D eigenvalue weighted by Gasteiger charge is 2.28. The van der Waals surface area contributed by atoms with E-state index in [1.807, 2.05) is 0 Å². The summed E-state index contributed by atoms with van der Waals surface area (Å²) in [6, 6.07) is 0. The van der Waals surface area contributed by atoms with Gasteiger partial charge in [-0.2, -0.15) is 0 Å². The minimum absolute atomic E-state index is 0.638. The Morgan fingerprint density at radius 3 is 1.71 bits per heavy atom. The van der Waals surface area contributed by atoms with E-state index in [0.717, 1.165) is 12.8 Å². The molecule has 0 radical (unpaired) electrons. The van der Waals surface area contributed by atoms with E-state index >= 15 is 0 Å². The summed E-state index contributed by atoms with van der Waals surface area (Å²) in [5.74, 6) is 1.28. The normalized spacial score (nSPS) is 29.0. The van der Waals surface area contributed by atoms with Crippen molar-refractivity contribution in [3.8, 4) is 0 Å². The highest BCUT2D eigenvalue weighted by molar-refractivity contribution is 5.31. The van der Waals surface area contributed by atoms with Crippen LogP contribution in [0.1, 0.15) is 61.3 Å². The van der Waals surface area contributed by atoms with Crippen LogP contribution in [0.25, 0.3) is 0 Å². The molecule has 2 unspecified atom stereocenters. The molecule has 14 heavy (non-hydrogen) atoms. The second-order valence-corrected chi connectivity index (χ2v) is 4.77. The molecule has 0 saturated heterocycles. The molecule has 0 bridgehead atoms. The maximum Gasteiger partial charge on any atom is 0.0650 e. The number of aromatic nitrogens is 2. The second-order valence-electron chi connectivity index (χ2n) is 4.77. The lowest BCUT2D eigenvalue weighted by Crippen LogP contribution is -2.02. The Hall–Kier alpha value is -0.920. The lowest BCUT2D eigenvalue weighted by molar-refractivity contribution is 0.716. The van der Waals surface area contributed by atoms with Gasteiger partial charge in [0.05, 0.1) is 22.8 Å². The topological polar surface area (TPSA) is 25.8 Å². The lowest BCUT2D eigenvalue weighted by atomic mass is 10.1. The van der Waals surface area contributed by atoms with Crippen molar-refractivity contribution >= 4 is 0 Å². The van der Waals surface area contributed by atoms with Gasteiger partial charge in [-0.05, 0) is 25.7 Å². The van der Waals surface area contributed by atoms with Crippen LogP contribution < -0.4 is 0 Å². The van der Waals surface area contributed by atoms with Crippen LogP contribution in [-0.4, -0.2) is 9.97 Å². The van der Waals surface area contributed by atoms with E-state index in [1.165, 1.54) is 35.6 Å². The molecule has 0 aromatic carbocycles. The Kier molecular flexibility index (Phi) is 1.67. The van der Waals surface area contributed by atoms with Crippen molar-refractivity contribution in [2.75, 3.05) is 0 Å². The molecule has 2 atom stereocenters. The van der Waals surface area contributed by atoms with E-state index in [2.05, 4.69) is 13.8 Å². The van der Waals surface area contributed by atoms with Gasteiger partial charge in [-0.25, -0.2) is 0 Å². The van der Waals surface area contributed by atoms with Crippen LogP contribution in [0.3, 0.4) is 0 Å². The first-order valence-corrected chi connectivity index (χ1v) is 5.65. The van der Waals surface area contributed by atoms with Crippen molar-refractivity contribution in [3.05, 3.63) is 22.8 Å². The minimum atomic E-state index is 0.638. The average Bonchev–Trinajstić information content (AvgIpc) is 2.71. The molecule has 0 fully saturated rings. The summed E-state index contributed by atoms with van der Waals surface area (Å²) in [7, 11) is 0. The molecular formula is C12H16N2. The Labute approximate surface area is 84.8 Å². The third-order valence-electron chi connectivity index (χ3n) is 3.66. The molecule has 2 aliphatic carbocycles. The van der Waals surface area contributed by atoms with E-state index in [-0.39, 0.29) is 0 Å². The van der Waals surface area contributed by atoms with Crippen molar-refractivity contribution in [2.45, 2.75) is 51.4 Å². The SMILES string of the molecule is CC1CCc2nc3c(nc21)CCC3C. The summed E-state index contributed by atoms with van der Waals surface area (Å²) in [4.78, 5) is 9.61. The number of nitrogens with zero attached hydrogens (tertiary/aromatic N) is 2. The molecule has 74 valence electrons. The van der Waals surface area contributed by atoms with Gasteiger partial charge in [0, 0.05) is 11.8 Å². The zero-order chi connectivity index (χ0) is 9.71. The lowest BCUT2D eigenvalue weighted by Gasteiger charge is -2.07. The van der Waals surface area contributed by atoms with Crippen molar-refractivity contribution in [2.24, 2.45) is 0 Å². The van der Waals surface area contributed by atoms with Gasteiger partial charge in [0.15, 0.2) is 0 Å². The van der Waals surface area contributed by atoms with Gasteiger partial charge in [-0.1, -0.05) is 13.8 Å². The van der Waals surface area contributed by atoms with Crippen LogP contribution in [0, 0.1) is 0 Å². The van der Waals surface area contributed by atoms with Crippen LogP contribution >= 0.6 is 0 Å². The fourth-order valence-electron chi connectivity index (χ4n) is 2.67. The monoisotopic (exact) mass is 188 g/mol. The summed E-state index contributed by atoms with van der Waals surface area (Å²) in [5, 5.41) is 0. The Balaban J connectivity index is 2.15. The standard InChI is InChI=1S/C12H16N2/c1-7-3-5-9-11(7)13-10-6-4-8(2)12(10)14-9/h7-8H,3-6H2,1-2H3. The first-order chi connectivity index (χ1) is 6.75. The third-order valence-corrected chi connectivity index (χ3v) is 3.66. The minimum Gasteiger partial charge on any atom is -0.254 e. The average molecular weight is 188 g/mol. The summed E-state index contributed by atoms with van der Waals surface area (Å²) in [6.07, 6.45) is 4.77. The van der Waals surface area contributed by atoms with E-state index in [4.69, 9.17) is 9.97 Å². The van der Waals surface area contributed by atoms with Crippen LogP contribution in [-0.2, 0) is 12.8 Å². The first-order valence-electron chi connectivity index (χ1n) is 5.65. The highest BCUT2D eigenvalue weighted by atomic mass is 14.9. The number of aryl methyl sites for hydroxylation is 2. The van der Waals surface area contributed by atoms with Crippen molar-refractivity contribution in [1.29, 1.82) is 0 Å². The predicted molar refractivity (Wildman–Crippen MR) is 55.5 cm³/mol. The molecule has 0 saturated carbocycles. The largest absolute Gasteiger partial charge is 0.254 e. The second kappa shape index (κ2) is 2.78. The van der Waals surface area contributed by atoms with E-state index in [9.17, 15) is 0 Å². The maximum atomic E-state index is 4.80. The van der Waals surface area contributed by atoms with Crippen molar-refractivity contribution in [3.63, 3.8) is 0 Å². The molecule has 0 N–H and O–H groups in total. The number of hydrogen-bond donors (Lipinski definition) is 0. The molecule has 2 aliphatic rings. The number of rotatable bonds is 0. The van der Waals surface area contributed by atoms with Crippen molar-refractivity contribution < 1.29 is 0 Å². The Bertz CT molecular complexity index is 346. The van der Waals surface area contributed by atoms with Gasteiger partial charge in [-0.15, -0.1) is 0 Å². The molecule has 1 aromatic rings. The van der Waals surface area contributed by atoms with E-state index < -0.39 is 0 Å². The molecule has 2 heteroatoms. The van der Waals surface area contributed by atoms with Crippen LogP contribution in [0.15, 0.2) is 0 Å². The van der Waals surface area contributed by atoms with Gasteiger partial charge in [0.25, 0.3) is 0 Å². The van der Waals surface area contributed by atoms with Gasteiger partial charge in [0.1, 0.15) is 0 Å². The molecule has 0 amide bonds. The zero-order valence-corrected chi connectivity index (χ0v) is 8.88. The van der Waals surface area contributed by atoms with Crippen LogP contribution in [0.4, 0.5) is 0 Å². The predicted octanol–water partition coefficient (Wildman–Crippen LogP) is 2.58. The van der Waals surface area contributed by atoms with Crippen LogP contribution in [0.5, 0.6) is 0 Å². The molecule has 1 heterocycles. The quantitative estimate of drug-likeness (QED) is 0.625. The molecule has 0 aliphatic heterocycles. The molecule has 3 rings (SSSR count). The highest BCUT2D eigenvalue weighted by Crippen LogP contribution is 2.35. The summed E-state index contributed by atoms with van der Waals surface area (Å²) < 4.78 is 0. The Morgan fingerprint density at radius 1 is 0.857 bits per heavy atom.